The Labute approximate surface area is 214 Å². The zero-order chi connectivity index (χ0) is 26.0. The van der Waals surface area contributed by atoms with Crippen LogP contribution in [-0.2, 0) is 9.59 Å². The van der Waals surface area contributed by atoms with E-state index in [0.717, 1.165) is 0 Å². The minimum Gasteiger partial charge on any atom is -0.490 e. The van der Waals surface area contributed by atoms with Crippen molar-refractivity contribution in [3.63, 3.8) is 0 Å². The normalized spacial score (nSPS) is 11.7. The zero-order valence-electron chi connectivity index (χ0n) is 20.3. The van der Waals surface area contributed by atoms with Crippen LogP contribution in [0, 0.1) is 0 Å². The maximum Gasteiger partial charge on any atom is 0.258 e. The van der Waals surface area contributed by atoms with E-state index < -0.39 is 17.7 Å². The Hall–Kier alpha value is -3.04. The van der Waals surface area contributed by atoms with Gasteiger partial charge in [0, 0.05) is 11.1 Å². The number of nitrogens with zero attached hydrogens (tertiary/aromatic N) is 2. The molecule has 1 unspecified atom stereocenters. The number of carbonyl (C=O) groups is 2. The van der Waals surface area contributed by atoms with Gasteiger partial charge >= 0.3 is 0 Å². The van der Waals surface area contributed by atoms with Crippen molar-refractivity contribution >= 4 is 46.3 Å². The standard InChI is InChI=1S/C24H29Cl2N3O6/c1-6-32-19-13-15(25)12-18(22(19)34-8-3)28-29-20(14(5)30)24(31)27-17-11-10-16(26)21(33-7-2)23(17)35-9-4/h10-13,20H,6-9H2,1-5H3,(H,27,31). The first-order valence-electron chi connectivity index (χ1n) is 11.2. The smallest absolute Gasteiger partial charge is 0.258 e. The SMILES string of the molecule is CCOc1cc(Cl)cc(N=NC(C(C)=O)C(=O)Nc2ccc(Cl)c(OCC)c2OCC)c1OCC. The number of benzene rings is 2. The molecule has 0 aliphatic rings. The molecule has 2 aromatic carbocycles. The van der Waals surface area contributed by atoms with Gasteiger partial charge in [0.1, 0.15) is 5.69 Å². The third-order valence-corrected chi connectivity index (χ3v) is 4.92. The Morgan fingerprint density at radius 2 is 1.49 bits per heavy atom. The second-order valence-corrected chi connectivity index (χ2v) is 7.80. The first kappa shape index (κ1) is 28.2. The van der Waals surface area contributed by atoms with Crippen molar-refractivity contribution < 1.29 is 28.5 Å². The maximum absolute atomic E-state index is 13.0. The van der Waals surface area contributed by atoms with Gasteiger partial charge in [-0.15, -0.1) is 0 Å². The Kier molecular flexibility index (Phi) is 11.1. The summed E-state index contributed by atoms with van der Waals surface area (Å²) in [6, 6.07) is 4.77. The van der Waals surface area contributed by atoms with Gasteiger partial charge < -0.3 is 24.3 Å². The number of anilines is 1. The number of rotatable bonds is 13. The van der Waals surface area contributed by atoms with Crippen LogP contribution in [0.3, 0.4) is 0 Å². The molecular formula is C24H29Cl2N3O6. The molecule has 0 bridgehead atoms. The highest BCUT2D eigenvalue weighted by atomic mass is 35.5. The van der Waals surface area contributed by atoms with Crippen LogP contribution in [0.1, 0.15) is 34.6 Å². The summed E-state index contributed by atoms with van der Waals surface area (Å²) in [5, 5.41) is 11.4. The van der Waals surface area contributed by atoms with Crippen LogP contribution in [0.15, 0.2) is 34.5 Å². The molecule has 0 aliphatic carbocycles. The third kappa shape index (κ3) is 7.47. The molecule has 0 heterocycles. The molecule has 0 fully saturated rings. The second kappa shape index (κ2) is 13.7. The van der Waals surface area contributed by atoms with Gasteiger partial charge in [0.05, 0.1) is 37.1 Å². The van der Waals surface area contributed by atoms with Crippen molar-refractivity contribution in [3.05, 3.63) is 34.3 Å². The largest absolute Gasteiger partial charge is 0.490 e. The van der Waals surface area contributed by atoms with E-state index in [9.17, 15) is 9.59 Å². The number of nitrogens with one attached hydrogen (secondary N) is 1. The summed E-state index contributed by atoms with van der Waals surface area (Å²) in [5.41, 5.74) is 0.504. The fourth-order valence-electron chi connectivity index (χ4n) is 3.02. The maximum atomic E-state index is 13.0. The van der Waals surface area contributed by atoms with E-state index in [4.69, 9.17) is 42.1 Å². The lowest BCUT2D eigenvalue weighted by molar-refractivity contribution is -0.126. The van der Waals surface area contributed by atoms with Crippen molar-refractivity contribution in [2.24, 2.45) is 10.2 Å². The Morgan fingerprint density at radius 3 is 2.09 bits per heavy atom. The molecule has 1 amide bonds. The van der Waals surface area contributed by atoms with Crippen LogP contribution in [0.4, 0.5) is 11.4 Å². The summed E-state index contributed by atoms with van der Waals surface area (Å²) in [4.78, 5) is 25.3. The van der Waals surface area contributed by atoms with Crippen molar-refractivity contribution in [2.45, 2.75) is 40.7 Å². The lowest BCUT2D eigenvalue weighted by Gasteiger charge is -2.18. The number of amides is 1. The molecule has 190 valence electrons. The van der Waals surface area contributed by atoms with E-state index in [2.05, 4.69) is 15.5 Å². The fourth-order valence-corrected chi connectivity index (χ4v) is 3.43. The molecular weight excluding hydrogens is 497 g/mol. The summed E-state index contributed by atoms with van der Waals surface area (Å²) in [5.74, 6) is 0.00143. The van der Waals surface area contributed by atoms with Gasteiger partial charge in [-0.1, -0.05) is 23.2 Å². The molecule has 35 heavy (non-hydrogen) atoms. The van der Waals surface area contributed by atoms with Crippen LogP contribution in [0.5, 0.6) is 23.0 Å². The molecule has 9 nitrogen and oxygen atoms in total. The Balaban J connectivity index is 2.41. The van der Waals surface area contributed by atoms with E-state index in [1.165, 1.54) is 13.0 Å². The zero-order valence-corrected chi connectivity index (χ0v) is 21.8. The molecule has 2 aromatic rings. The Bertz CT molecular complexity index is 1080. The number of ether oxygens (including phenoxy) is 4. The highest BCUT2D eigenvalue weighted by molar-refractivity contribution is 6.32. The van der Waals surface area contributed by atoms with E-state index in [-0.39, 0.29) is 17.1 Å². The van der Waals surface area contributed by atoms with Crippen LogP contribution >= 0.6 is 23.2 Å². The predicted molar refractivity (Wildman–Crippen MR) is 135 cm³/mol. The molecule has 1 atom stereocenters. The first-order chi connectivity index (χ1) is 16.8. The van der Waals surface area contributed by atoms with Crippen molar-refractivity contribution in [1.82, 2.24) is 0 Å². The molecule has 11 heteroatoms. The predicted octanol–water partition coefficient (Wildman–Crippen LogP) is 6.27. The van der Waals surface area contributed by atoms with Gasteiger partial charge in [-0.05, 0) is 52.8 Å². The summed E-state index contributed by atoms with van der Waals surface area (Å²) in [7, 11) is 0. The second-order valence-electron chi connectivity index (χ2n) is 6.96. The van der Waals surface area contributed by atoms with Crippen molar-refractivity contribution in [2.75, 3.05) is 31.7 Å². The first-order valence-corrected chi connectivity index (χ1v) is 11.9. The van der Waals surface area contributed by atoms with Crippen molar-refractivity contribution in [1.29, 1.82) is 0 Å². The summed E-state index contributed by atoms with van der Waals surface area (Å²) < 4.78 is 22.5. The lowest BCUT2D eigenvalue weighted by Crippen LogP contribution is -2.32. The number of Topliss-reactive ketones (excluding diaryl/α,β-unsaturated/α-hetero) is 1. The average molecular weight is 526 g/mol. The van der Waals surface area contributed by atoms with Crippen LogP contribution < -0.4 is 24.3 Å². The Morgan fingerprint density at radius 1 is 0.886 bits per heavy atom. The third-order valence-electron chi connectivity index (χ3n) is 4.40. The van der Waals surface area contributed by atoms with E-state index >= 15 is 0 Å². The van der Waals surface area contributed by atoms with Gasteiger partial charge in [0.25, 0.3) is 5.91 Å². The molecule has 2 rings (SSSR count). The highest BCUT2D eigenvalue weighted by Crippen LogP contribution is 2.42. The van der Waals surface area contributed by atoms with Gasteiger partial charge in [-0.2, -0.15) is 10.2 Å². The van der Waals surface area contributed by atoms with Gasteiger partial charge in [0.15, 0.2) is 28.8 Å². The summed E-state index contributed by atoms with van der Waals surface area (Å²) >= 11 is 12.4. The van der Waals surface area contributed by atoms with E-state index in [0.29, 0.717) is 53.7 Å². The van der Waals surface area contributed by atoms with Crippen LogP contribution in [0.2, 0.25) is 10.0 Å². The quantitative estimate of drug-likeness (QED) is 0.244. The van der Waals surface area contributed by atoms with E-state index in [1.54, 1.807) is 39.0 Å². The molecule has 0 radical (unpaired) electrons. The van der Waals surface area contributed by atoms with Crippen molar-refractivity contribution in [3.8, 4) is 23.0 Å². The van der Waals surface area contributed by atoms with Gasteiger partial charge in [-0.3, -0.25) is 9.59 Å². The number of carbonyl (C=O) groups excluding carboxylic acids is 2. The minimum atomic E-state index is -1.44. The monoisotopic (exact) mass is 525 g/mol. The lowest BCUT2D eigenvalue weighted by atomic mass is 10.2. The van der Waals surface area contributed by atoms with Crippen LogP contribution in [0.25, 0.3) is 0 Å². The number of hydrogen-bond acceptors (Lipinski definition) is 8. The van der Waals surface area contributed by atoms with Gasteiger partial charge in [0.2, 0.25) is 6.04 Å². The fraction of sp³-hybridized carbons (Fsp3) is 0.417. The number of ketones is 1. The highest BCUT2D eigenvalue weighted by Gasteiger charge is 2.26. The summed E-state index contributed by atoms with van der Waals surface area (Å²) in [6.45, 7) is 9.80. The molecule has 0 saturated heterocycles. The van der Waals surface area contributed by atoms with Gasteiger partial charge in [-0.25, -0.2) is 0 Å². The minimum absolute atomic E-state index is 0.224. The molecule has 0 saturated carbocycles. The average Bonchev–Trinajstić information content (AvgIpc) is 2.80. The molecule has 0 spiro atoms. The molecule has 1 N–H and O–H groups in total. The summed E-state index contributed by atoms with van der Waals surface area (Å²) in [6.07, 6.45) is 0. The molecule has 0 aromatic heterocycles. The topological polar surface area (TPSA) is 108 Å². The number of hydrogen-bond donors (Lipinski definition) is 1. The van der Waals surface area contributed by atoms with E-state index in [1.807, 2.05) is 6.92 Å². The number of azo groups is 1. The number of halogens is 2. The van der Waals surface area contributed by atoms with Crippen LogP contribution in [-0.4, -0.2) is 44.2 Å². The molecule has 0 aliphatic heterocycles.